The second-order valence-electron chi connectivity index (χ2n) is 2.05. The minimum Gasteiger partial charge on any atom is -0.457 e. The summed E-state index contributed by atoms with van der Waals surface area (Å²) < 4.78 is 40.0. The Hall–Kier alpha value is -0.450. The number of alkyl halides is 3. The second kappa shape index (κ2) is 2.89. The first-order valence-electron chi connectivity index (χ1n) is 2.77. The van der Waals surface area contributed by atoms with Gasteiger partial charge in [-0.1, -0.05) is 0 Å². The van der Waals surface area contributed by atoms with Crippen LogP contribution < -0.4 is 0 Å². The molecule has 0 fully saturated rings. The van der Waals surface area contributed by atoms with Crippen LogP contribution in [0, 0.1) is 0 Å². The van der Waals surface area contributed by atoms with Crippen molar-refractivity contribution in [2.24, 2.45) is 0 Å². The molecule has 0 aliphatic heterocycles. The van der Waals surface area contributed by atoms with Gasteiger partial charge in [0, 0.05) is 5.56 Å². The third kappa shape index (κ3) is 2.96. The minimum absolute atomic E-state index is 0.129. The Morgan fingerprint density at radius 3 is 2.45 bits per heavy atom. The fourth-order valence-electron chi connectivity index (χ4n) is 0.670. The topological polar surface area (TPSA) is 13.1 Å². The number of furan rings is 1. The van der Waals surface area contributed by atoms with Gasteiger partial charge in [0.05, 0.1) is 12.7 Å². The quantitative estimate of drug-likeness (QED) is 0.720. The van der Waals surface area contributed by atoms with Gasteiger partial charge in [-0.2, -0.15) is 13.2 Å². The Labute approximate surface area is 69.3 Å². The van der Waals surface area contributed by atoms with Crippen LogP contribution in [0.1, 0.15) is 5.56 Å². The summed E-state index contributed by atoms with van der Waals surface area (Å²) in [6.07, 6.45) is -4.02. The highest BCUT2D eigenvalue weighted by Crippen LogP contribution is 2.23. The fourth-order valence-corrected chi connectivity index (χ4v) is 1.06. The number of rotatable bonds is 1. The van der Waals surface area contributed by atoms with E-state index >= 15 is 0 Å². The molecule has 1 heterocycles. The second-order valence-corrected chi connectivity index (χ2v) is 2.83. The SMILES string of the molecule is FC(F)(F)Cc1coc(Br)c1. The summed E-state index contributed by atoms with van der Waals surface area (Å²) in [5.74, 6) is 0. The van der Waals surface area contributed by atoms with Crippen molar-refractivity contribution in [3.63, 3.8) is 0 Å². The van der Waals surface area contributed by atoms with E-state index in [9.17, 15) is 13.2 Å². The van der Waals surface area contributed by atoms with E-state index in [4.69, 9.17) is 0 Å². The molecule has 0 amide bonds. The largest absolute Gasteiger partial charge is 0.457 e. The van der Waals surface area contributed by atoms with Crippen LogP contribution in [0.15, 0.2) is 21.4 Å². The monoisotopic (exact) mass is 228 g/mol. The van der Waals surface area contributed by atoms with Crippen molar-refractivity contribution in [2.45, 2.75) is 12.6 Å². The van der Waals surface area contributed by atoms with E-state index in [1.165, 1.54) is 6.07 Å². The zero-order valence-electron chi connectivity index (χ0n) is 5.28. The Balaban J connectivity index is 2.65. The first kappa shape index (κ1) is 8.64. The van der Waals surface area contributed by atoms with E-state index in [-0.39, 0.29) is 5.56 Å². The number of halogens is 4. The van der Waals surface area contributed by atoms with Crippen LogP contribution in [0.4, 0.5) is 13.2 Å². The van der Waals surface area contributed by atoms with Crippen LogP contribution in [-0.2, 0) is 6.42 Å². The Morgan fingerprint density at radius 2 is 2.09 bits per heavy atom. The molecule has 0 aliphatic carbocycles. The molecule has 62 valence electrons. The lowest BCUT2D eigenvalue weighted by atomic mass is 10.2. The van der Waals surface area contributed by atoms with Gasteiger partial charge in [-0.3, -0.25) is 0 Å². The average molecular weight is 229 g/mol. The maximum absolute atomic E-state index is 11.7. The van der Waals surface area contributed by atoms with Gasteiger partial charge in [-0.25, -0.2) is 0 Å². The fraction of sp³-hybridized carbons (Fsp3) is 0.333. The van der Waals surface area contributed by atoms with E-state index < -0.39 is 12.6 Å². The van der Waals surface area contributed by atoms with Crippen molar-refractivity contribution in [1.29, 1.82) is 0 Å². The standard InChI is InChI=1S/C6H4BrF3O/c7-5-1-4(3-11-5)2-6(8,9)10/h1,3H,2H2. The summed E-state index contributed by atoms with van der Waals surface area (Å²) in [6.45, 7) is 0. The molecule has 0 aliphatic rings. The van der Waals surface area contributed by atoms with Crippen molar-refractivity contribution in [1.82, 2.24) is 0 Å². The maximum atomic E-state index is 11.7. The smallest absolute Gasteiger partial charge is 0.393 e. The van der Waals surface area contributed by atoms with Gasteiger partial charge >= 0.3 is 6.18 Å². The third-order valence-corrected chi connectivity index (χ3v) is 1.44. The molecule has 0 radical (unpaired) electrons. The summed E-state index contributed by atoms with van der Waals surface area (Å²) in [5.41, 5.74) is 0.129. The maximum Gasteiger partial charge on any atom is 0.393 e. The molecule has 11 heavy (non-hydrogen) atoms. The summed E-state index contributed by atoms with van der Waals surface area (Å²) in [7, 11) is 0. The highest BCUT2D eigenvalue weighted by Gasteiger charge is 2.28. The van der Waals surface area contributed by atoms with Gasteiger partial charge in [0.15, 0.2) is 4.67 Å². The van der Waals surface area contributed by atoms with Crippen LogP contribution in [0.5, 0.6) is 0 Å². The van der Waals surface area contributed by atoms with E-state index in [1.807, 2.05) is 0 Å². The van der Waals surface area contributed by atoms with Crippen molar-refractivity contribution in [2.75, 3.05) is 0 Å². The molecule has 0 atom stereocenters. The third-order valence-electron chi connectivity index (χ3n) is 1.03. The molecular formula is C6H4BrF3O. The van der Waals surface area contributed by atoms with Gasteiger partial charge in [-0.05, 0) is 22.0 Å². The predicted octanol–water partition coefficient (Wildman–Crippen LogP) is 3.15. The normalized spacial score (nSPS) is 12.0. The zero-order valence-corrected chi connectivity index (χ0v) is 6.87. The van der Waals surface area contributed by atoms with Crippen molar-refractivity contribution >= 4 is 15.9 Å². The van der Waals surface area contributed by atoms with Crippen molar-refractivity contribution < 1.29 is 17.6 Å². The number of hydrogen-bond donors (Lipinski definition) is 0. The van der Waals surface area contributed by atoms with E-state index in [0.29, 0.717) is 4.67 Å². The average Bonchev–Trinajstić information content (AvgIpc) is 2.10. The molecule has 0 aromatic carbocycles. The van der Waals surface area contributed by atoms with Gasteiger partial charge in [0.2, 0.25) is 0 Å². The van der Waals surface area contributed by atoms with Crippen LogP contribution in [-0.4, -0.2) is 6.18 Å². The Bertz CT molecular complexity index is 240. The Morgan fingerprint density at radius 1 is 1.45 bits per heavy atom. The van der Waals surface area contributed by atoms with E-state index in [2.05, 4.69) is 20.3 Å². The van der Waals surface area contributed by atoms with Gasteiger partial charge in [0.25, 0.3) is 0 Å². The van der Waals surface area contributed by atoms with E-state index in [0.717, 1.165) is 6.26 Å². The Kier molecular flexibility index (Phi) is 2.27. The molecule has 0 bridgehead atoms. The van der Waals surface area contributed by atoms with Gasteiger partial charge in [0.1, 0.15) is 0 Å². The van der Waals surface area contributed by atoms with Crippen LogP contribution in [0.2, 0.25) is 0 Å². The summed E-state index contributed by atoms with van der Waals surface area (Å²) in [4.78, 5) is 0. The molecule has 1 nitrogen and oxygen atoms in total. The lowest BCUT2D eigenvalue weighted by Gasteiger charge is -2.01. The highest BCUT2D eigenvalue weighted by atomic mass is 79.9. The predicted molar refractivity (Wildman–Crippen MR) is 36.2 cm³/mol. The minimum atomic E-state index is -4.16. The molecule has 0 saturated heterocycles. The highest BCUT2D eigenvalue weighted by molar-refractivity contribution is 9.10. The molecule has 5 heteroatoms. The lowest BCUT2D eigenvalue weighted by Crippen LogP contribution is -2.10. The molecule has 0 saturated carbocycles. The molecule has 0 unspecified atom stereocenters. The molecule has 1 rings (SSSR count). The van der Waals surface area contributed by atoms with Gasteiger partial charge < -0.3 is 4.42 Å². The summed E-state index contributed by atoms with van der Waals surface area (Å²) >= 11 is 2.91. The lowest BCUT2D eigenvalue weighted by molar-refractivity contribution is -0.127. The van der Waals surface area contributed by atoms with Crippen molar-refractivity contribution in [3.05, 3.63) is 22.6 Å². The van der Waals surface area contributed by atoms with Crippen LogP contribution in [0.3, 0.4) is 0 Å². The van der Waals surface area contributed by atoms with Crippen LogP contribution >= 0.6 is 15.9 Å². The molecule has 0 spiro atoms. The summed E-state index contributed by atoms with van der Waals surface area (Å²) in [6, 6.07) is 1.30. The molecule has 1 aromatic heterocycles. The van der Waals surface area contributed by atoms with Gasteiger partial charge in [-0.15, -0.1) is 0 Å². The summed E-state index contributed by atoms with van der Waals surface area (Å²) in [5, 5.41) is 0. The first-order valence-corrected chi connectivity index (χ1v) is 3.56. The molecule has 1 aromatic rings. The van der Waals surface area contributed by atoms with Crippen LogP contribution in [0.25, 0.3) is 0 Å². The van der Waals surface area contributed by atoms with Crippen molar-refractivity contribution in [3.8, 4) is 0 Å². The number of hydrogen-bond acceptors (Lipinski definition) is 1. The van der Waals surface area contributed by atoms with E-state index in [1.54, 1.807) is 0 Å². The zero-order chi connectivity index (χ0) is 8.48. The molecular weight excluding hydrogens is 225 g/mol. The first-order chi connectivity index (χ1) is 4.97. The molecule has 0 N–H and O–H groups in total.